The van der Waals surface area contributed by atoms with E-state index in [2.05, 4.69) is 29.3 Å². The van der Waals surface area contributed by atoms with Crippen molar-refractivity contribution in [2.75, 3.05) is 12.4 Å². The lowest BCUT2D eigenvalue weighted by molar-refractivity contribution is -0.140. The van der Waals surface area contributed by atoms with E-state index in [1.165, 1.54) is 27.8 Å². The van der Waals surface area contributed by atoms with Gasteiger partial charge in [0.1, 0.15) is 4.83 Å². The Morgan fingerprint density at radius 1 is 1.14 bits per heavy atom. The number of fused-ring (bicyclic) bond motifs is 5. The summed E-state index contributed by atoms with van der Waals surface area (Å²) in [7, 11) is 0. The van der Waals surface area contributed by atoms with E-state index >= 15 is 0 Å². The van der Waals surface area contributed by atoms with Crippen molar-refractivity contribution in [1.82, 2.24) is 19.2 Å². The van der Waals surface area contributed by atoms with E-state index in [4.69, 9.17) is 4.74 Å². The van der Waals surface area contributed by atoms with E-state index in [9.17, 15) is 9.59 Å². The molecule has 184 valence electrons. The number of nitrogens with zero attached hydrogens (tertiary/aromatic N) is 4. The number of rotatable bonds is 10. The number of aromatic nitrogens is 4. The van der Waals surface area contributed by atoms with Crippen molar-refractivity contribution in [2.24, 2.45) is 0 Å². The van der Waals surface area contributed by atoms with Gasteiger partial charge >= 0.3 is 5.97 Å². The number of carbonyl (C=O) groups excluding carboxylic acids is 1. The summed E-state index contributed by atoms with van der Waals surface area (Å²) in [6, 6.07) is 10.2. The number of ether oxygens (including phenoxy) is 1. The van der Waals surface area contributed by atoms with Gasteiger partial charge in [0.25, 0.3) is 5.56 Å². The predicted octanol–water partition coefficient (Wildman–Crippen LogP) is 5.05. The minimum absolute atomic E-state index is 0.0158. The molecule has 0 unspecified atom stereocenters. The van der Waals surface area contributed by atoms with Gasteiger partial charge in [0.15, 0.2) is 5.16 Å². The molecule has 0 bridgehead atoms. The Hall–Kier alpha value is -2.65. The highest BCUT2D eigenvalue weighted by molar-refractivity contribution is 7.99. The number of thiophene rings is 1. The van der Waals surface area contributed by atoms with Gasteiger partial charge in [-0.2, -0.15) is 0 Å². The zero-order chi connectivity index (χ0) is 24.2. The third-order valence-electron chi connectivity index (χ3n) is 6.47. The number of aryl methyl sites for hydroxylation is 4. The van der Waals surface area contributed by atoms with Crippen molar-refractivity contribution in [3.63, 3.8) is 0 Å². The van der Waals surface area contributed by atoms with Gasteiger partial charge in [-0.15, -0.1) is 21.5 Å². The molecule has 3 aromatic heterocycles. The largest absolute Gasteiger partial charge is 0.465 e. The topological polar surface area (TPSA) is 78.5 Å². The molecule has 0 amide bonds. The van der Waals surface area contributed by atoms with Gasteiger partial charge in [-0.3, -0.25) is 14.2 Å². The van der Waals surface area contributed by atoms with Crippen molar-refractivity contribution in [3.05, 3.63) is 56.7 Å². The second-order valence-corrected chi connectivity index (χ2v) is 10.9. The maximum absolute atomic E-state index is 13.8. The van der Waals surface area contributed by atoms with Crippen molar-refractivity contribution in [3.8, 4) is 0 Å². The fraction of sp³-hybridized carbons (Fsp3) is 0.462. The van der Waals surface area contributed by atoms with E-state index in [1.54, 1.807) is 15.9 Å². The minimum Gasteiger partial charge on any atom is -0.465 e. The molecular weight excluding hydrogens is 480 g/mol. The number of hydrogen-bond donors (Lipinski definition) is 0. The lowest BCUT2D eigenvalue weighted by atomic mass is 9.97. The highest BCUT2D eigenvalue weighted by atomic mass is 32.2. The van der Waals surface area contributed by atoms with Gasteiger partial charge in [-0.1, -0.05) is 61.9 Å². The molecule has 1 aromatic carbocycles. The first-order valence-electron chi connectivity index (χ1n) is 12.4. The molecule has 0 saturated carbocycles. The zero-order valence-corrected chi connectivity index (χ0v) is 21.6. The fourth-order valence-electron chi connectivity index (χ4n) is 4.65. The Morgan fingerprint density at radius 3 is 2.80 bits per heavy atom. The molecule has 9 heteroatoms. The van der Waals surface area contributed by atoms with Crippen LogP contribution in [0.3, 0.4) is 0 Å². The normalized spacial score (nSPS) is 13.4. The first-order chi connectivity index (χ1) is 17.2. The molecule has 0 N–H and O–H groups in total. The molecule has 7 nitrogen and oxygen atoms in total. The van der Waals surface area contributed by atoms with E-state index in [0.717, 1.165) is 61.6 Å². The molecule has 0 fully saturated rings. The summed E-state index contributed by atoms with van der Waals surface area (Å²) in [4.78, 5) is 28.2. The third-order valence-corrected chi connectivity index (χ3v) is 8.65. The average molecular weight is 511 g/mol. The van der Waals surface area contributed by atoms with Crippen LogP contribution in [0, 0.1) is 0 Å². The molecular formula is C26H30N4O3S2. The lowest BCUT2D eigenvalue weighted by Gasteiger charge is -2.12. The van der Waals surface area contributed by atoms with Crippen LogP contribution in [0.5, 0.6) is 0 Å². The molecule has 0 radical (unpaired) electrons. The molecule has 1 aliphatic rings. The summed E-state index contributed by atoms with van der Waals surface area (Å²) >= 11 is 3.00. The standard InChI is InChI=1S/C26H30N4O3S2/c1-2-3-9-16-33-21(31)17-34-26-28-27-25-29(15-14-18-10-5-4-6-11-18)23(32)22-19-12-7-8-13-20(19)35-24(22)30(25)26/h4-6,10-11H,2-3,7-9,12-17H2,1H3. The molecule has 0 spiro atoms. The summed E-state index contributed by atoms with van der Waals surface area (Å²) in [5.74, 6) is 0.459. The summed E-state index contributed by atoms with van der Waals surface area (Å²) < 4.78 is 9.12. The maximum atomic E-state index is 13.8. The number of esters is 1. The molecule has 3 heterocycles. The van der Waals surface area contributed by atoms with E-state index in [1.807, 2.05) is 22.6 Å². The summed E-state index contributed by atoms with van der Waals surface area (Å²) in [5.41, 5.74) is 2.38. The van der Waals surface area contributed by atoms with E-state index < -0.39 is 0 Å². The smallest absolute Gasteiger partial charge is 0.316 e. The third kappa shape index (κ3) is 5.02. The van der Waals surface area contributed by atoms with Crippen LogP contribution in [-0.2, 0) is 35.3 Å². The van der Waals surface area contributed by atoms with Gasteiger partial charge < -0.3 is 4.74 Å². The van der Waals surface area contributed by atoms with Crippen LogP contribution in [0.1, 0.15) is 55.0 Å². The molecule has 0 saturated heterocycles. The van der Waals surface area contributed by atoms with E-state index in [-0.39, 0.29) is 17.3 Å². The first-order valence-corrected chi connectivity index (χ1v) is 14.2. The maximum Gasteiger partial charge on any atom is 0.316 e. The molecule has 0 atom stereocenters. The Bertz CT molecular complexity index is 1390. The number of hydrogen-bond acceptors (Lipinski definition) is 7. The van der Waals surface area contributed by atoms with Crippen LogP contribution in [-0.4, -0.2) is 37.5 Å². The molecule has 0 aliphatic heterocycles. The summed E-state index contributed by atoms with van der Waals surface area (Å²) in [6.45, 7) is 3.10. The Labute approximate surface area is 212 Å². The number of unbranched alkanes of at least 4 members (excludes halogenated alkanes) is 2. The molecule has 35 heavy (non-hydrogen) atoms. The van der Waals surface area contributed by atoms with Crippen LogP contribution in [0.4, 0.5) is 0 Å². The van der Waals surface area contributed by atoms with Gasteiger partial charge in [0, 0.05) is 11.4 Å². The van der Waals surface area contributed by atoms with Crippen LogP contribution in [0.15, 0.2) is 40.3 Å². The highest BCUT2D eigenvalue weighted by Crippen LogP contribution is 2.36. The molecule has 5 rings (SSSR count). The van der Waals surface area contributed by atoms with Crippen molar-refractivity contribution >= 4 is 45.1 Å². The van der Waals surface area contributed by atoms with Crippen molar-refractivity contribution < 1.29 is 9.53 Å². The monoisotopic (exact) mass is 510 g/mol. The van der Waals surface area contributed by atoms with Crippen LogP contribution in [0.25, 0.3) is 16.0 Å². The first kappa shape index (κ1) is 24.1. The lowest BCUT2D eigenvalue weighted by Crippen LogP contribution is -2.24. The van der Waals surface area contributed by atoms with Crippen molar-refractivity contribution in [1.29, 1.82) is 0 Å². The minimum atomic E-state index is -0.248. The second kappa shape index (κ2) is 11.0. The number of thioether (sulfide) groups is 1. The van der Waals surface area contributed by atoms with Crippen molar-refractivity contribution in [2.45, 2.75) is 70.0 Å². The molecule has 4 aromatic rings. The van der Waals surface area contributed by atoms with Gasteiger partial charge in [-0.05, 0) is 49.7 Å². The van der Waals surface area contributed by atoms with Crippen LogP contribution >= 0.6 is 23.1 Å². The van der Waals surface area contributed by atoms with Crippen LogP contribution in [0.2, 0.25) is 0 Å². The number of carbonyl (C=O) groups is 1. The highest BCUT2D eigenvalue weighted by Gasteiger charge is 2.25. The Morgan fingerprint density at radius 2 is 1.97 bits per heavy atom. The SMILES string of the molecule is CCCCCOC(=O)CSc1nnc2n(CCc3ccccc3)c(=O)c3c4c(sc3n12)CCCC4. The quantitative estimate of drug-likeness (QED) is 0.169. The fourth-order valence-corrected chi connectivity index (χ4v) is 6.82. The summed E-state index contributed by atoms with van der Waals surface area (Å²) in [5, 5.41) is 10.3. The van der Waals surface area contributed by atoms with E-state index in [0.29, 0.717) is 24.1 Å². The van der Waals surface area contributed by atoms with Gasteiger partial charge in [0.05, 0.1) is 17.7 Å². The predicted molar refractivity (Wildman–Crippen MR) is 141 cm³/mol. The Balaban J connectivity index is 1.50. The van der Waals surface area contributed by atoms with Gasteiger partial charge in [-0.25, -0.2) is 4.40 Å². The van der Waals surface area contributed by atoms with Crippen LogP contribution < -0.4 is 5.56 Å². The number of benzene rings is 1. The zero-order valence-electron chi connectivity index (χ0n) is 20.0. The average Bonchev–Trinajstić information content (AvgIpc) is 3.47. The second-order valence-electron chi connectivity index (χ2n) is 8.92. The summed E-state index contributed by atoms with van der Waals surface area (Å²) in [6.07, 6.45) is 7.95. The van der Waals surface area contributed by atoms with Gasteiger partial charge in [0.2, 0.25) is 5.78 Å². The Kier molecular flexibility index (Phi) is 7.53. The molecule has 1 aliphatic carbocycles.